The quantitative estimate of drug-likeness (QED) is 0.725. The van der Waals surface area contributed by atoms with Gasteiger partial charge in [-0.2, -0.15) is 0 Å². The number of nitrogens with two attached hydrogens (primary N) is 1. The first kappa shape index (κ1) is 15.0. The van der Waals surface area contributed by atoms with Crippen LogP contribution in [0.2, 0.25) is 0 Å². The first-order chi connectivity index (χ1) is 8.44. The molecule has 1 aliphatic carbocycles. The molecule has 5 heteroatoms. The maximum Gasteiger partial charge on any atom is 0.244 e. The molecule has 2 amide bonds. The predicted octanol–water partition coefficient (Wildman–Crippen LogP) is 0.489. The number of carbonyl (C=O) groups excluding carboxylic acids is 2. The summed E-state index contributed by atoms with van der Waals surface area (Å²) < 4.78 is 0. The molecule has 0 bridgehead atoms. The third-order valence-electron chi connectivity index (χ3n) is 3.98. The molecule has 0 heterocycles. The number of likely N-dealkylation sites (N-methyl/N-ethyl adjacent to an activating group) is 1. The number of amides is 2. The second-order valence-corrected chi connectivity index (χ2v) is 5.38. The third kappa shape index (κ3) is 3.45. The van der Waals surface area contributed by atoms with E-state index in [1.807, 2.05) is 6.92 Å². The van der Waals surface area contributed by atoms with Gasteiger partial charge >= 0.3 is 0 Å². The molecule has 1 rings (SSSR count). The lowest BCUT2D eigenvalue weighted by molar-refractivity contribution is -0.135. The summed E-state index contributed by atoms with van der Waals surface area (Å²) in [6.45, 7) is 4.83. The van der Waals surface area contributed by atoms with Crippen molar-refractivity contribution >= 4 is 11.8 Å². The van der Waals surface area contributed by atoms with Gasteiger partial charge in [-0.1, -0.05) is 6.42 Å². The number of hydrogen-bond donors (Lipinski definition) is 2. The van der Waals surface area contributed by atoms with Gasteiger partial charge in [-0.3, -0.25) is 9.59 Å². The summed E-state index contributed by atoms with van der Waals surface area (Å²) in [5.74, 6) is -0.119. The molecule has 18 heavy (non-hydrogen) atoms. The Kier molecular flexibility index (Phi) is 5.14. The predicted molar refractivity (Wildman–Crippen MR) is 70.9 cm³/mol. The summed E-state index contributed by atoms with van der Waals surface area (Å²) in [6.07, 6.45) is 3.64. The van der Waals surface area contributed by atoms with Crippen LogP contribution in [0.3, 0.4) is 0 Å². The molecule has 104 valence electrons. The highest BCUT2D eigenvalue weighted by Gasteiger charge is 2.37. The van der Waals surface area contributed by atoms with Crippen LogP contribution in [0.25, 0.3) is 0 Å². The van der Waals surface area contributed by atoms with Crippen molar-refractivity contribution in [3.05, 3.63) is 0 Å². The molecule has 0 radical (unpaired) electrons. The average Bonchev–Trinajstić information content (AvgIpc) is 2.31. The van der Waals surface area contributed by atoms with Gasteiger partial charge < -0.3 is 16.0 Å². The number of hydrogen-bond acceptors (Lipinski definition) is 3. The van der Waals surface area contributed by atoms with E-state index in [0.29, 0.717) is 19.5 Å². The smallest absolute Gasteiger partial charge is 0.244 e. The van der Waals surface area contributed by atoms with Crippen molar-refractivity contribution in [2.75, 3.05) is 20.1 Å². The zero-order valence-electron chi connectivity index (χ0n) is 11.7. The van der Waals surface area contributed by atoms with Gasteiger partial charge in [0.15, 0.2) is 0 Å². The van der Waals surface area contributed by atoms with Crippen molar-refractivity contribution in [1.82, 2.24) is 10.2 Å². The highest BCUT2D eigenvalue weighted by atomic mass is 16.2. The lowest BCUT2D eigenvalue weighted by Gasteiger charge is -2.40. The van der Waals surface area contributed by atoms with Crippen molar-refractivity contribution in [3.63, 3.8) is 0 Å². The highest BCUT2D eigenvalue weighted by Crippen LogP contribution is 2.42. The molecule has 1 atom stereocenters. The van der Waals surface area contributed by atoms with Gasteiger partial charge in [0.2, 0.25) is 11.8 Å². The maximum absolute atomic E-state index is 11.9. The minimum Gasteiger partial charge on any atom is -0.345 e. The monoisotopic (exact) mass is 255 g/mol. The van der Waals surface area contributed by atoms with Crippen LogP contribution in [0.4, 0.5) is 0 Å². The first-order valence-electron chi connectivity index (χ1n) is 6.68. The third-order valence-corrected chi connectivity index (χ3v) is 3.98. The molecular weight excluding hydrogens is 230 g/mol. The molecule has 3 N–H and O–H groups in total. The molecule has 0 spiro atoms. The molecule has 0 aromatic heterocycles. The van der Waals surface area contributed by atoms with Crippen molar-refractivity contribution in [3.8, 4) is 0 Å². The first-order valence-corrected chi connectivity index (χ1v) is 6.68. The van der Waals surface area contributed by atoms with Gasteiger partial charge in [-0.05, 0) is 38.6 Å². The van der Waals surface area contributed by atoms with Gasteiger partial charge in [0.1, 0.15) is 6.04 Å². The largest absolute Gasteiger partial charge is 0.345 e. The summed E-state index contributed by atoms with van der Waals surface area (Å²) in [5, 5.41) is 2.77. The fourth-order valence-electron chi connectivity index (χ4n) is 2.31. The second-order valence-electron chi connectivity index (χ2n) is 5.38. The Hall–Kier alpha value is -1.10. The van der Waals surface area contributed by atoms with E-state index in [0.717, 1.165) is 19.3 Å². The van der Waals surface area contributed by atoms with Crippen LogP contribution in [0.1, 0.15) is 39.5 Å². The van der Waals surface area contributed by atoms with E-state index in [1.165, 1.54) is 0 Å². The topological polar surface area (TPSA) is 75.4 Å². The molecule has 0 aliphatic heterocycles. The lowest BCUT2D eigenvalue weighted by Crippen LogP contribution is -2.48. The summed E-state index contributed by atoms with van der Waals surface area (Å²) in [5.41, 5.74) is 5.71. The average molecular weight is 255 g/mol. The number of carbonyl (C=O) groups is 2. The van der Waals surface area contributed by atoms with Crippen molar-refractivity contribution < 1.29 is 9.59 Å². The summed E-state index contributed by atoms with van der Waals surface area (Å²) in [7, 11) is 1.73. The number of nitrogens with zero attached hydrogens (tertiary/aromatic N) is 1. The zero-order chi connectivity index (χ0) is 13.8. The van der Waals surface area contributed by atoms with Crippen LogP contribution in [0.15, 0.2) is 0 Å². The molecular formula is C13H25N3O2. The van der Waals surface area contributed by atoms with E-state index >= 15 is 0 Å². The fourth-order valence-corrected chi connectivity index (χ4v) is 2.31. The Balaban J connectivity index is 2.42. The van der Waals surface area contributed by atoms with Crippen molar-refractivity contribution in [1.29, 1.82) is 0 Å². The summed E-state index contributed by atoms with van der Waals surface area (Å²) >= 11 is 0. The van der Waals surface area contributed by atoms with Gasteiger partial charge in [-0.15, -0.1) is 0 Å². The minimum absolute atomic E-state index is 0.0104. The van der Waals surface area contributed by atoms with Crippen LogP contribution in [0.5, 0.6) is 0 Å². The molecule has 0 aromatic carbocycles. The summed E-state index contributed by atoms with van der Waals surface area (Å²) in [4.78, 5) is 25.3. The number of rotatable bonds is 6. The van der Waals surface area contributed by atoms with Crippen LogP contribution in [-0.4, -0.2) is 42.9 Å². The van der Waals surface area contributed by atoms with Crippen LogP contribution in [-0.2, 0) is 9.59 Å². The Labute approximate surface area is 109 Å². The standard InChI is InChI=1S/C13H25N3O2/c1-4-16(3)12(18)10(2)15-11(17)8-13(9-14)6-5-7-13/h10H,4-9,14H2,1-3H3,(H,15,17). The van der Waals surface area contributed by atoms with E-state index in [9.17, 15) is 9.59 Å². The van der Waals surface area contributed by atoms with E-state index in [4.69, 9.17) is 5.73 Å². The molecule has 0 saturated heterocycles. The van der Waals surface area contributed by atoms with E-state index < -0.39 is 6.04 Å². The lowest BCUT2D eigenvalue weighted by atomic mass is 9.66. The van der Waals surface area contributed by atoms with Crippen LogP contribution < -0.4 is 11.1 Å². The SMILES string of the molecule is CCN(C)C(=O)C(C)NC(=O)CC1(CN)CCC1. The molecule has 1 unspecified atom stereocenters. The number of nitrogens with one attached hydrogen (secondary N) is 1. The minimum atomic E-state index is -0.461. The molecule has 0 aromatic rings. The normalized spacial score (nSPS) is 18.7. The van der Waals surface area contributed by atoms with E-state index in [2.05, 4.69) is 5.32 Å². The van der Waals surface area contributed by atoms with Crippen molar-refractivity contribution in [2.45, 2.75) is 45.6 Å². The maximum atomic E-state index is 11.9. The Morgan fingerprint density at radius 2 is 2.06 bits per heavy atom. The van der Waals surface area contributed by atoms with Gasteiger partial charge in [-0.25, -0.2) is 0 Å². The zero-order valence-corrected chi connectivity index (χ0v) is 11.7. The highest BCUT2D eigenvalue weighted by molar-refractivity contribution is 5.87. The molecule has 1 fully saturated rings. The molecule has 5 nitrogen and oxygen atoms in total. The Morgan fingerprint density at radius 3 is 2.44 bits per heavy atom. The molecule has 1 aliphatic rings. The fraction of sp³-hybridized carbons (Fsp3) is 0.846. The molecule has 1 saturated carbocycles. The summed E-state index contributed by atoms with van der Waals surface area (Å²) in [6, 6.07) is -0.461. The van der Waals surface area contributed by atoms with Gasteiger partial charge in [0.25, 0.3) is 0 Å². The van der Waals surface area contributed by atoms with Gasteiger partial charge in [0.05, 0.1) is 0 Å². The Bertz CT molecular complexity index is 308. The van der Waals surface area contributed by atoms with Crippen molar-refractivity contribution in [2.24, 2.45) is 11.1 Å². The van der Waals surface area contributed by atoms with E-state index in [-0.39, 0.29) is 17.2 Å². The van der Waals surface area contributed by atoms with Crippen LogP contribution in [0, 0.1) is 5.41 Å². The van der Waals surface area contributed by atoms with Crippen LogP contribution >= 0.6 is 0 Å². The van der Waals surface area contributed by atoms with E-state index in [1.54, 1.807) is 18.9 Å². The van der Waals surface area contributed by atoms with Gasteiger partial charge in [0, 0.05) is 20.0 Å². The Morgan fingerprint density at radius 1 is 1.44 bits per heavy atom. The second kappa shape index (κ2) is 6.18.